The van der Waals surface area contributed by atoms with Crippen molar-refractivity contribution in [3.63, 3.8) is 0 Å². The molecule has 0 radical (unpaired) electrons. The summed E-state index contributed by atoms with van der Waals surface area (Å²) in [5.74, 6) is 0. The third-order valence-corrected chi connectivity index (χ3v) is 4.48. The summed E-state index contributed by atoms with van der Waals surface area (Å²) in [5, 5.41) is 20.5. The van der Waals surface area contributed by atoms with Gasteiger partial charge in [0, 0.05) is 34.9 Å². The van der Waals surface area contributed by atoms with Crippen molar-refractivity contribution in [1.82, 2.24) is 0 Å². The summed E-state index contributed by atoms with van der Waals surface area (Å²) in [5.41, 5.74) is 10.1. The first-order valence-electron chi connectivity index (χ1n) is 7.13. The predicted octanol–water partition coefficient (Wildman–Crippen LogP) is 2.35. The molecule has 0 aliphatic rings. The minimum atomic E-state index is 0.0543. The summed E-state index contributed by atoms with van der Waals surface area (Å²) in [7, 11) is 0. The van der Waals surface area contributed by atoms with Gasteiger partial charge >= 0.3 is 0 Å². The van der Waals surface area contributed by atoms with E-state index in [1.807, 2.05) is 23.1 Å². The SMILES string of the molecule is CCc1csc(-c2cc(N(CCO)CCO)ccc2N)c1. The Balaban J connectivity index is 2.35. The average Bonchev–Trinajstić information content (AvgIpc) is 2.96. The average molecular weight is 306 g/mol. The number of nitrogens with two attached hydrogens (primary N) is 1. The zero-order chi connectivity index (χ0) is 15.2. The van der Waals surface area contributed by atoms with E-state index in [0.717, 1.165) is 28.2 Å². The molecule has 2 rings (SSSR count). The highest BCUT2D eigenvalue weighted by atomic mass is 32.1. The zero-order valence-electron chi connectivity index (χ0n) is 12.2. The summed E-state index contributed by atoms with van der Waals surface area (Å²) in [4.78, 5) is 3.11. The smallest absolute Gasteiger partial charge is 0.0606 e. The molecule has 0 aliphatic carbocycles. The first kappa shape index (κ1) is 15.8. The second kappa shape index (κ2) is 7.45. The molecule has 0 saturated heterocycles. The van der Waals surface area contributed by atoms with Crippen LogP contribution in [-0.4, -0.2) is 36.5 Å². The van der Waals surface area contributed by atoms with Crippen molar-refractivity contribution in [2.45, 2.75) is 13.3 Å². The molecule has 4 N–H and O–H groups in total. The van der Waals surface area contributed by atoms with Crippen LogP contribution in [0.2, 0.25) is 0 Å². The van der Waals surface area contributed by atoms with Gasteiger partial charge in [0.1, 0.15) is 0 Å². The van der Waals surface area contributed by atoms with Gasteiger partial charge in [-0.2, -0.15) is 0 Å². The molecule has 0 aliphatic heterocycles. The summed E-state index contributed by atoms with van der Waals surface area (Å²) in [6.07, 6.45) is 1.01. The summed E-state index contributed by atoms with van der Waals surface area (Å²) >= 11 is 1.69. The Morgan fingerprint density at radius 2 is 1.86 bits per heavy atom. The fourth-order valence-corrected chi connectivity index (χ4v) is 3.30. The molecule has 5 heteroatoms. The molecule has 1 heterocycles. The van der Waals surface area contributed by atoms with Crippen LogP contribution in [0.3, 0.4) is 0 Å². The number of aliphatic hydroxyl groups is 2. The third kappa shape index (κ3) is 3.75. The maximum atomic E-state index is 9.15. The fraction of sp³-hybridized carbons (Fsp3) is 0.375. The number of rotatable bonds is 7. The van der Waals surface area contributed by atoms with Crippen LogP contribution in [0, 0.1) is 0 Å². The highest BCUT2D eigenvalue weighted by Gasteiger charge is 2.11. The summed E-state index contributed by atoms with van der Waals surface area (Å²) in [6, 6.07) is 8.02. The Morgan fingerprint density at radius 1 is 1.14 bits per heavy atom. The lowest BCUT2D eigenvalue weighted by Gasteiger charge is -2.23. The van der Waals surface area contributed by atoms with E-state index in [0.29, 0.717) is 13.1 Å². The lowest BCUT2D eigenvalue weighted by molar-refractivity contribution is 0.281. The molecule has 0 amide bonds. The largest absolute Gasteiger partial charge is 0.398 e. The van der Waals surface area contributed by atoms with Crippen molar-refractivity contribution in [3.05, 3.63) is 35.2 Å². The van der Waals surface area contributed by atoms with Gasteiger partial charge in [-0.15, -0.1) is 11.3 Å². The first-order chi connectivity index (χ1) is 10.2. The molecule has 0 unspecified atom stereocenters. The number of anilines is 2. The van der Waals surface area contributed by atoms with Crippen molar-refractivity contribution < 1.29 is 10.2 Å². The van der Waals surface area contributed by atoms with Crippen LogP contribution in [0.5, 0.6) is 0 Å². The maximum absolute atomic E-state index is 9.15. The van der Waals surface area contributed by atoms with Crippen LogP contribution in [0.1, 0.15) is 12.5 Å². The number of nitrogen functional groups attached to an aromatic ring is 1. The standard InChI is InChI=1S/C16H22N2O2S/c1-2-12-9-16(21-11-12)14-10-13(3-4-15(14)17)18(5-7-19)6-8-20/h3-4,9-11,19-20H,2,5-8,17H2,1H3. The van der Waals surface area contributed by atoms with E-state index >= 15 is 0 Å². The molecule has 0 fully saturated rings. The molecule has 114 valence electrons. The molecule has 1 aromatic heterocycles. The number of hydrogen-bond acceptors (Lipinski definition) is 5. The Labute approximate surface area is 129 Å². The van der Waals surface area contributed by atoms with Crippen LogP contribution in [0.25, 0.3) is 10.4 Å². The van der Waals surface area contributed by atoms with E-state index in [9.17, 15) is 0 Å². The van der Waals surface area contributed by atoms with Gasteiger partial charge in [-0.1, -0.05) is 6.92 Å². The van der Waals surface area contributed by atoms with E-state index in [1.165, 1.54) is 5.56 Å². The molecule has 0 atom stereocenters. The number of aryl methyl sites for hydroxylation is 1. The summed E-state index contributed by atoms with van der Waals surface area (Å²) in [6.45, 7) is 3.23. The molecule has 0 saturated carbocycles. The van der Waals surface area contributed by atoms with Gasteiger partial charge in [-0.05, 0) is 41.6 Å². The molecular formula is C16H22N2O2S. The second-order valence-electron chi connectivity index (χ2n) is 4.88. The highest BCUT2D eigenvalue weighted by Crippen LogP contribution is 2.34. The quantitative estimate of drug-likeness (QED) is 0.687. The lowest BCUT2D eigenvalue weighted by atomic mass is 10.1. The molecule has 4 nitrogen and oxygen atoms in total. The van der Waals surface area contributed by atoms with E-state index in [-0.39, 0.29) is 13.2 Å². The van der Waals surface area contributed by atoms with Crippen LogP contribution >= 0.6 is 11.3 Å². The fourth-order valence-electron chi connectivity index (χ4n) is 2.27. The van der Waals surface area contributed by atoms with Gasteiger partial charge in [0.2, 0.25) is 0 Å². The van der Waals surface area contributed by atoms with E-state index in [4.69, 9.17) is 15.9 Å². The zero-order valence-corrected chi connectivity index (χ0v) is 13.1. The van der Waals surface area contributed by atoms with Gasteiger partial charge in [-0.3, -0.25) is 0 Å². The van der Waals surface area contributed by atoms with Crippen LogP contribution in [-0.2, 0) is 6.42 Å². The molecule has 0 bridgehead atoms. The van der Waals surface area contributed by atoms with Crippen LogP contribution in [0.15, 0.2) is 29.6 Å². The maximum Gasteiger partial charge on any atom is 0.0606 e. The number of hydrogen-bond donors (Lipinski definition) is 3. The predicted molar refractivity (Wildman–Crippen MR) is 89.9 cm³/mol. The molecular weight excluding hydrogens is 284 g/mol. The Kier molecular flexibility index (Phi) is 5.61. The minimum Gasteiger partial charge on any atom is -0.398 e. The molecule has 2 aromatic rings. The van der Waals surface area contributed by atoms with Crippen molar-refractivity contribution in [1.29, 1.82) is 0 Å². The molecule has 21 heavy (non-hydrogen) atoms. The monoisotopic (exact) mass is 306 g/mol. The minimum absolute atomic E-state index is 0.0543. The Bertz CT molecular complexity index is 577. The van der Waals surface area contributed by atoms with Gasteiger partial charge in [-0.25, -0.2) is 0 Å². The van der Waals surface area contributed by atoms with Crippen molar-refractivity contribution in [2.75, 3.05) is 36.9 Å². The van der Waals surface area contributed by atoms with Gasteiger partial charge < -0.3 is 20.8 Å². The van der Waals surface area contributed by atoms with Crippen molar-refractivity contribution >= 4 is 22.7 Å². The normalized spacial score (nSPS) is 10.8. The van der Waals surface area contributed by atoms with Crippen molar-refractivity contribution in [3.8, 4) is 10.4 Å². The Hall–Kier alpha value is -1.56. The second-order valence-corrected chi connectivity index (χ2v) is 5.79. The Morgan fingerprint density at radius 3 is 2.43 bits per heavy atom. The van der Waals surface area contributed by atoms with Crippen molar-refractivity contribution in [2.24, 2.45) is 0 Å². The van der Waals surface area contributed by atoms with E-state index in [1.54, 1.807) is 11.3 Å². The topological polar surface area (TPSA) is 69.7 Å². The number of nitrogens with zero attached hydrogens (tertiary/aromatic N) is 1. The van der Waals surface area contributed by atoms with Crippen LogP contribution in [0.4, 0.5) is 11.4 Å². The summed E-state index contributed by atoms with van der Waals surface area (Å²) < 4.78 is 0. The lowest BCUT2D eigenvalue weighted by Crippen LogP contribution is -2.29. The van der Waals surface area contributed by atoms with Crippen LogP contribution < -0.4 is 10.6 Å². The van der Waals surface area contributed by atoms with E-state index in [2.05, 4.69) is 18.4 Å². The van der Waals surface area contributed by atoms with Gasteiger partial charge in [0.25, 0.3) is 0 Å². The van der Waals surface area contributed by atoms with Gasteiger partial charge in [0.05, 0.1) is 13.2 Å². The number of thiophene rings is 1. The molecule has 1 aromatic carbocycles. The number of benzene rings is 1. The molecule has 0 spiro atoms. The first-order valence-corrected chi connectivity index (χ1v) is 8.01. The van der Waals surface area contributed by atoms with E-state index < -0.39 is 0 Å². The van der Waals surface area contributed by atoms with Gasteiger partial charge in [0.15, 0.2) is 0 Å². The highest BCUT2D eigenvalue weighted by molar-refractivity contribution is 7.13. The number of aliphatic hydroxyl groups excluding tert-OH is 2. The third-order valence-electron chi connectivity index (χ3n) is 3.47.